The maximum Gasteiger partial charge on any atom is 0.239 e. The van der Waals surface area contributed by atoms with Gasteiger partial charge in [-0.2, -0.15) is 0 Å². The van der Waals surface area contributed by atoms with Gasteiger partial charge in [0.25, 0.3) is 0 Å². The molecule has 23 heavy (non-hydrogen) atoms. The van der Waals surface area contributed by atoms with Crippen LogP contribution in [-0.2, 0) is 11.3 Å². The standard InChI is InChI=1S/C16H15ClN4OS/c1-10-6-13-15(20-9-21-16(13)23-10)19-8-14(22)18-7-11-2-4-12(17)5-3-11/h2-6,9H,7-8H2,1H3,(H,18,22)(H,19,20,21). The molecule has 0 saturated carbocycles. The highest BCUT2D eigenvalue weighted by Crippen LogP contribution is 2.27. The lowest BCUT2D eigenvalue weighted by Gasteiger charge is -2.08. The van der Waals surface area contributed by atoms with E-state index in [0.717, 1.165) is 20.7 Å². The number of aryl methyl sites for hydroxylation is 1. The van der Waals surface area contributed by atoms with Gasteiger partial charge in [-0.3, -0.25) is 4.79 Å². The lowest BCUT2D eigenvalue weighted by molar-refractivity contribution is -0.119. The summed E-state index contributed by atoms with van der Waals surface area (Å²) in [7, 11) is 0. The fraction of sp³-hybridized carbons (Fsp3) is 0.188. The van der Waals surface area contributed by atoms with E-state index in [2.05, 4.69) is 20.6 Å². The largest absolute Gasteiger partial charge is 0.360 e. The molecule has 0 aliphatic rings. The van der Waals surface area contributed by atoms with Gasteiger partial charge >= 0.3 is 0 Å². The second-order valence-corrected chi connectivity index (χ2v) is 6.73. The second kappa shape index (κ2) is 6.93. The van der Waals surface area contributed by atoms with E-state index in [1.54, 1.807) is 23.5 Å². The van der Waals surface area contributed by atoms with Crippen molar-refractivity contribution < 1.29 is 4.79 Å². The monoisotopic (exact) mass is 346 g/mol. The van der Waals surface area contributed by atoms with Gasteiger partial charge in [-0.1, -0.05) is 23.7 Å². The van der Waals surface area contributed by atoms with Crippen LogP contribution in [0.2, 0.25) is 5.02 Å². The predicted octanol–water partition coefficient (Wildman–Crippen LogP) is 3.38. The van der Waals surface area contributed by atoms with Crippen LogP contribution in [0.1, 0.15) is 10.4 Å². The van der Waals surface area contributed by atoms with Gasteiger partial charge in [0.1, 0.15) is 17.0 Å². The molecule has 3 aromatic rings. The Morgan fingerprint density at radius 2 is 2.04 bits per heavy atom. The van der Waals surface area contributed by atoms with Crippen LogP contribution in [-0.4, -0.2) is 22.4 Å². The molecule has 2 N–H and O–H groups in total. The van der Waals surface area contributed by atoms with Crippen LogP contribution in [0.25, 0.3) is 10.2 Å². The van der Waals surface area contributed by atoms with Gasteiger partial charge in [-0.25, -0.2) is 9.97 Å². The van der Waals surface area contributed by atoms with Crippen LogP contribution in [0.3, 0.4) is 0 Å². The maximum atomic E-state index is 12.0. The van der Waals surface area contributed by atoms with E-state index in [9.17, 15) is 4.79 Å². The van der Waals surface area contributed by atoms with Crippen molar-refractivity contribution in [1.82, 2.24) is 15.3 Å². The van der Waals surface area contributed by atoms with Gasteiger partial charge in [0.2, 0.25) is 5.91 Å². The molecular weight excluding hydrogens is 332 g/mol. The Balaban J connectivity index is 1.57. The molecule has 0 saturated heterocycles. The predicted molar refractivity (Wildman–Crippen MR) is 93.9 cm³/mol. The van der Waals surface area contributed by atoms with Gasteiger partial charge in [0.05, 0.1) is 11.9 Å². The average molecular weight is 347 g/mol. The number of aromatic nitrogens is 2. The van der Waals surface area contributed by atoms with E-state index in [4.69, 9.17) is 11.6 Å². The smallest absolute Gasteiger partial charge is 0.239 e. The van der Waals surface area contributed by atoms with Crippen LogP contribution in [0.5, 0.6) is 0 Å². The number of hydrogen-bond acceptors (Lipinski definition) is 5. The van der Waals surface area contributed by atoms with Crippen molar-refractivity contribution in [3.63, 3.8) is 0 Å². The molecule has 0 aliphatic heterocycles. The molecule has 3 rings (SSSR count). The Bertz CT molecular complexity index is 832. The van der Waals surface area contributed by atoms with Crippen molar-refractivity contribution in [2.75, 3.05) is 11.9 Å². The molecule has 2 heterocycles. The first-order valence-corrected chi connectivity index (χ1v) is 8.27. The summed E-state index contributed by atoms with van der Waals surface area (Å²) in [6, 6.07) is 9.40. The van der Waals surface area contributed by atoms with Crippen molar-refractivity contribution in [3.05, 3.63) is 52.1 Å². The first kappa shape index (κ1) is 15.7. The summed E-state index contributed by atoms with van der Waals surface area (Å²) < 4.78 is 0. The number of amides is 1. The summed E-state index contributed by atoms with van der Waals surface area (Å²) in [6.07, 6.45) is 1.51. The summed E-state index contributed by atoms with van der Waals surface area (Å²) in [6.45, 7) is 2.65. The van der Waals surface area contributed by atoms with E-state index in [0.29, 0.717) is 17.4 Å². The first-order valence-electron chi connectivity index (χ1n) is 7.08. The van der Waals surface area contributed by atoms with Crippen LogP contribution in [0, 0.1) is 6.92 Å². The quantitative estimate of drug-likeness (QED) is 0.743. The van der Waals surface area contributed by atoms with E-state index in [-0.39, 0.29) is 12.5 Å². The molecule has 0 bridgehead atoms. The van der Waals surface area contributed by atoms with Gasteiger partial charge < -0.3 is 10.6 Å². The Kier molecular flexibility index (Phi) is 4.73. The Hall–Kier alpha value is -2.18. The first-order chi connectivity index (χ1) is 11.1. The molecule has 0 aliphatic carbocycles. The van der Waals surface area contributed by atoms with Crippen molar-refractivity contribution >= 4 is 44.9 Å². The van der Waals surface area contributed by atoms with Crippen molar-refractivity contribution in [2.24, 2.45) is 0 Å². The third-order valence-electron chi connectivity index (χ3n) is 3.27. The molecule has 1 amide bonds. The molecule has 7 heteroatoms. The molecule has 1 aromatic carbocycles. The minimum absolute atomic E-state index is 0.0985. The van der Waals surface area contributed by atoms with Gasteiger partial charge in [-0.15, -0.1) is 11.3 Å². The van der Waals surface area contributed by atoms with Crippen molar-refractivity contribution in [2.45, 2.75) is 13.5 Å². The fourth-order valence-corrected chi connectivity index (χ4v) is 3.12. The molecule has 0 unspecified atom stereocenters. The minimum Gasteiger partial charge on any atom is -0.360 e. The number of carbonyl (C=O) groups is 1. The fourth-order valence-electron chi connectivity index (χ4n) is 2.15. The molecular formula is C16H15ClN4OS. The van der Waals surface area contributed by atoms with Crippen LogP contribution in [0.15, 0.2) is 36.7 Å². The lowest BCUT2D eigenvalue weighted by atomic mass is 10.2. The van der Waals surface area contributed by atoms with Crippen molar-refractivity contribution in [3.8, 4) is 0 Å². The summed E-state index contributed by atoms with van der Waals surface area (Å²) >= 11 is 7.44. The van der Waals surface area contributed by atoms with Crippen LogP contribution >= 0.6 is 22.9 Å². The second-order valence-electron chi connectivity index (χ2n) is 5.05. The minimum atomic E-state index is -0.0985. The number of rotatable bonds is 5. The Labute approximate surface area is 142 Å². The van der Waals surface area contributed by atoms with Crippen LogP contribution < -0.4 is 10.6 Å². The highest BCUT2D eigenvalue weighted by Gasteiger charge is 2.08. The van der Waals surface area contributed by atoms with Gasteiger partial charge in [-0.05, 0) is 30.7 Å². The summed E-state index contributed by atoms with van der Waals surface area (Å²) in [5, 5.41) is 7.55. The van der Waals surface area contributed by atoms with Crippen LogP contribution in [0.4, 0.5) is 5.82 Å². The normalized spacial score (nSPS) is 10.7. The summed E-state index contributed by atoms with van der Waals surface area (Å²) in [5.74, 6) is 0.583. The number of nitrogens with one attached hydrogen (secondary N) is 2. The number of halogens is 1. The topological polar surface area (TPSA) is 66.9 Å². The molecule has 0 atom stereocenters. The van der Waals surface area contributed by atoms with Gasteiger partial charge in [0.15, 0.2) is 0 Å². The molecule has 0 radical (unpaired) electrons. The van der Waals surface area contributed by atoms with Gasteiger partial charge in [0, 0.05) is 16.4 Å². The average Bonchev–Trinajstić information content (AvgIpc) is 2.93. The molecule has 0 spiro atoms. The van der Waals surface area contributed by atoms with E-state index in [1.165, 1.54) is 6.33 Å². The zero-order valence-electron chi connectivity index (χ0n) is 12.5. The lowest BCUT2D eigenvalue weighted by Crippen LogP contribution is -2.29. The summed E-state index contributed by atoms with van der Waals surface area (Å²) in [4.78, 5) is 22.5. The van der Waals surface area contributed by atoms with E-state index in [1.807, 2.05) is 25.1 Å². The third kappa shape index (κ3) is 3.97. The highest BCUT2D eigenvalue weighted by molar-refractivity contribution is 7.18. The Morgan fingerprint density at radius 3 is 2.83 bits per heavy atom. The maximum absolute atomic E-state index is 12.0. The SMILES string of the molecule is Cc1cc2c(NCC(=O)NCc3ccc(Cl)cc3)ncnc2s1. The molecule has 5 nitrogen and oxygen atoms in total. The molecule has 118 valence electrons. The number of anilines is 1. The number of fused-ring (bicyclic) bond motifs is 1. The number of carbonyl (C=O) groups excluding carboxylic acids is 1. The zero-order valence-corrected chi connectivity index (χ0v) is 14.0. The van der Waals surface area contributed by atoms with Crippen molar-refractivity contribution in [1.29, 1.82) is 0 Å². The van der Waals surface area contributed by atoms with E-state index >= 15 is 0 Å². The third-order valence-corrected chi connectivity index (χ3v) is 4.48. The highest BCUT2D eigenvalue weighted by atomic mass is 35.5. The van der Waals surface area contributed by atoms with E-state index < -0.39 is 0 Å². The molecule has 0 fully saturated rings. The Morgan fingerprint density at radius 1 is 1.26 bits per heavy atom. The zero-order chi connectivity index (χ0) is 16.2. The number of thiophene rings is 1. The number of hydrogen-bond donors (Lipinski definition) is 2. The summed E-state index contributed by atoms with van der Waals surface area (Å²) in [5.41, 5.74) is 1.00. The number of nitrogens with zero attached hydrogens (tertiary/aromatic N) is 2. The molecule has 2 aromatic heterocycles. The number of benzene rings is 1.